The highest BCUT2D eigenvalue weighted by Gasteiger charge is 2.52. The van der Waals surface area contributed by atoms with Crippen LogP contribution in [0.2, 0.25) is 10.0 Å². The Kier molecular flexibility index (Phi) is 8.83. The van der Waals surface area contributed by atoms with Crippen molar-refractivity contribution >= 4 is 72.6 Å². The van der Waals surface area contributed by atoms with Gasteiger partial charge >= 0.3 is 0 Å². The van der Waals surface area contributed by atoms with Gasteiger partial charge in [-0.3, -0.25) is 19.1 Å². The van der Waals surface area contributed by atoms with Crippen molar-refractivity contribution in [3.63, 3.8) is 0 Å². The molecule has 2 saturated heterocycles. The van der Waals surface area contributed by atoms with Crippen LogP contribution in [-0.4, -0.2) is 103 Å². The second-order valence-corrected chi connectivity index (χ2v) is 14.9. The molecule has 3 aliphatic heterocycles. The average Bonchev–Trinajstić information content (AvgIpc) is 3.52. The molecule has 0 unspecified atom stereocenters. The average molecular weight is 726 g/mol. The van der Waals surface area contributed by atoms with Gasteiger partial charge in [-0.25, -0.2) is 18.3 Å². The van der Waals surface area contributed by atoms with Crippen molar-refractivity contribution in [2.45, 2.75) is 23.9 Å². The van der Waals surface area contributed by atoms with Crippen LogP contribution in [0, 0.1) is 0 Å². The predicted octanol–water partition coefficient (Wildman–Crippen LogP) is 3.75. The molecule has 3 aromatic rings. The summed E-state index contributed by atoms with van der Waals surface area (Å²) in [6.45, 7) is 5.38. The maximum atomic E-state index is 14.3. The van der Waals surface area contributed by atoms with Crippen LogP contribution in [0.4, 0.5) is 11.6 Å². The first kappa shape index (κ1) is 31.5. The normalized spacial score (nSPS) is 21.6. The van der Waals surface area contributed by atoms with Crippen LogP contribution in [0.5, 0.6) is 0 Å². The van der Waals surface area contributed by atoms with E-state index in [0.29, 0.717) is 42.0 Å². The number of piperazine rings is 1. The van der Waals surface area contributed by atoms with E-state index in [4.69, 9.17) is 27.9 Å². The third kappa shape index (κ3) is 5.91. The molecule has 3 aliphatic rings. The van der Waals surface area contributed by atoms with Gasteiger partial charge in [-0.15, -0.1) is 0 Å². The predicted molar refractivity (Wildman–Crippen MR) is 170 cm³/mol. The number of hydrogen-bond donors (Lipinski definition) is 0. The fraction of sp³-hybridized carbons (Fsp3) is 0.414. The van der Waals surface area contributed by atoms with Gasteiger partial charge < -0.3 is 9.64 Å². The molecule has 0 saturated carbocycles. The van der Waals surface area contributed by atoms with Crippen LogP contribution in [0.25, 0.3) is 0 Å². The minimum absolute atomic E-state index is 0.0299. The summed E-state index contributed by atoms with van der Waals surface area (Å²) in [5, 5.41) is 0.562. The highest BCUT2D eigenvalue weighted by molar-refractivity contribution is 9.10. The first-order valence-electron chi connectivity index (χ1n) is 14.2. The zero-order chi connectivity index (χ0) is 31.2. The van der Waals surface area contributed by atoms with Gasteiger partial charge in [0.2, 0.25) is 11.9 Å². The molecule has 1 aromatic heterocycles. The third-order valence-electron chi connectivity index (χ3n) is 8.29. The van der Waals surface area contributed by atoms with Gasteiger partial charge in [-0.1, -0.05) is 51.3 Å². The van der Waals surface area contributed by atoms with Crippen molar-refractivity contribution < 1.29 is 22.7 Å². The zero-order valence-corrected chi connectivity index (χ0v) is 27.9. The Labute approximate surface area is 274 Å². The Morgan fingerprint density at radius 2 is 1.64 bits per heavy atom. The van der Waals surface area contributed by atoms with E-state index < -0.39 is 15.6 Å². The molecule has 11 nitrogen and oxygen atoms in total. The van der Waals surface area contributed by atoms with Gasteiger partial charge in [0.1, 0.15) is 5.54 Å². The van der Waals surface area contributed by atoms with Crippen LogP contribution < -0.4 is 4.90 Å². The number of aromatic nitrogens is 2. The van der Waals surface area contributed by atoms with Gasteiger partial charge in [0.15, 0.2) is 5.03 Å². The molecule has 2 amide bonds. The van der Waals surface area contributed by atoms with E-state index in [0.717, 1.165) is 10.0 Å². The number of amides is 2. The van der Waals surface area contributed by atoms with E-state index in [-0.39, 0.29) is 61.9 Å². The Morgan fingerprint density at radius 1 is 1.00 bits per heavy atom. The van der Waals surface area contributed by atoms with Gasteiger partial charge in [0, 0.05) is 60.2 Å². The van der Waals surface area contributed by atoms with E-state index >= 15 is 0 Å². The molecule has 0 N–H and O–H groups in total. The van der Waals surface area contributed by atoms with Crippen molar-refractivity contribution in [2.24, 2.45) is 0 Å². The zero-order valence-electron chi connectivity index (χ0n) is 24.0. The Bertz CT molecular complexity index is 1670. The number of imidazole rings is 1. The quantitative estimate of drug-likeness (QED) is 0.365. The van der Waals surface area contributed by atoms with Crippen LogP contribution in [0.3, 0.4) is 0 Å². The summed E-state index contributed by atoms with van der Waals surface area (Å²) in [6, 6.07) is 12.3. The fourth-order valence-electron chi connectivity index (χ4n) is 5.97. The van der Waals surface area contributed by atoms with Crippen molar-refractivity contribution in [1.82, 2.24) is 23.7 Å². The molecule has 0 radical (unpaired) electrons. The fourth-order valence-corrected chi connectivity index (χ4v) is 8.36. The number of halogens is 3. The molecule has 234 valence electrons. The number of ether oxygens (including phenoxy) is 1. The number of nitrogens with zero attached hydrogens (tertiary/aromatic N) is 6. The number of fused-ring (bicyclic) bond motifs is 1. The van der Waals surface area contributed by atoms with Crippen molar-refractivity contribution in [1.29, 1.82) is 0 Å². The monoisotopic (exact) mass is 724 g/mol. The summed E-state index contributed by atoms with van der Waals surface area (Å²) in [5.41, 5.74) is -0.118. The first-order valence-corrected chi connectivity index (χ1v) is 17.2. The number of hydrogen-bond acceptors (Lipinski definition) is 7. The Balaban J connectivity index is 1.31. The molecule has 0 bridgehead atoms. The molecule has 15 heteroatoms. The van der Waals surface area contributed by atoms with E-state index in [1.807, 2.05) is 29.2 Å². The lowest BCUT2D eigenvalue weighted by atomic mass is 9.92. The SMILES string of the molecule is C[C@@]1(Cc2ccc(Br)cc2)C(=O)N(c2cc(Cl)cc(Cl)c2)c2ncc(S(=O)(=O)N3CCN(C(=O)CN4CCOCC4)CC3)n21. The lowest BCUT2D eigenvalue weighted by Gasteiger charge is -2.36. The minimum atomic E-state index is -4.11. The first-order chi connectivity index (χ1) is 21.0. The molecule has 2 aromatic carbocycles. The highest BCUT2D eigenvalue weighted by atomic mass is 79.9. The Morgan fingerprint density at radius 3 is 2.27 bits per heavy atom. The molecule has 44 heavy (non-hydrogen) atoms. The number of carbonyl (C=O) groups is 2. The van der Waals surface area contributed by atoms with Gasteiger partial charge in [0.05, 0.1) is 31.6 Å². The van der Waals surface area contributed by atoms with Gasteiger partial charge in [0.25, 0.3) is 15.9 Å². The maximum Gasteiger partial charge on any atom is 0.260 e. The van der Waals surface area contributed by atoms with Crippen LogP contribution in [0.1, 0.15) is 12.5 Å². The summed E-state index contributed by atoms with van der Waals surface area (Å²) < 4.78 is 37.5. The number of rotatable bonds is 7. The number of carbonyl (C=O) groups excluding carboxylic acids is 2. The summed E-state index contributed by atoms with van der Waals surface area (Å²) in [5.74, 6) is -0.236. The largest absolute Gasteiger partial charge is 0.379 e. The second-order valence-electron chi connectivity index (χ2n) is 11.3. The van der Waals surface area contributed by atoms with Crippen LogP contribution in [-0.2, 0) is 36.3 Å². The van der Waals surface area contributed by atoms with Crippen LogP contribution in [0.15, 0.2) is 58.2 Å². The standard InChI is InChI=1S/C29H31BrCl2N6O5S/c1-29(17-20-2-4-21(30)5-3-20)27(40)37(24-15-22(31)14-23(32)16-24)28-33-18-26(38(28)29)44(41,42)36-8-6-35(7-9-36)25(39)19-34-10-12-43-13-11-34/h2-5,14-16,18H,6-13,17,19H2,1H3/t29-/m1/s1. The summed E-state index contributed by atoms with van der Waals surface area (Å²) >= 11 is 16.0. The molecular formula is C29H31BrCl2N6O5S. The summed E-state index contributed by atoms with van der Waals surface area (Å²) in [7, 11) is -4.11. The van der Waals surface area contributed by atoms with Crippen molar-refractivity contribution in [2.75, 3.05) is 63.9 Å². The molecule has 1 atom stereocenters. The third-order valence-corrected chi connectivity index (χ3v) is 11.1. The molecule has 6 rings (SSSR count). The molecular weight excluding hydrogens is 695 g/mol. The van der Waals surface area contributed by atoms with Crippen molar-refractivity contribution in [3.8, 4) is 0 Å². The van der Waals surface area contributed by atoms with Crippen molar-refractivity contribution in [3.05, 3.63) is 68.7 Å². The van der Waals surface area contributed by atoms with Gasteiger partial charge in [-0.05, 0) is 42.8 Å². The molecule has 4 heterocycles. The maximum absolute atomic E-state index is 14.3. The van der Waals surface area contributed by atoms with Crippen LogP contribution >= 0.6 is 39.1 Å². The number of sulfonamides is 1. The second kappa shape index (κ2) is 12.3. The topological polar surface area (TPSA) is 108 Å². The summed E-state index contributed by atoms with van der Waals surface area (Å²) in [6.07, 6.45) is 1.51. The Hall–Kier alpha value is -2.52. The lowest BCUT2D eigenvalue weighted by Crippen LogP contribution is -2.53. The number of benzene rings is 2. The van der Waals surface area contributed by atoms with E-state index in [2.05, 4.69) is 20.9 Å². The molecule has 0 spiro atoms. The minimum Gasteiger partial charge on any atom is -0.379 e. The molecule has 0 aliphatic carbocycles. The van der Waals surface area contributed by atoms with E-state index in [9.17, 15) is 18.0 Å². The van der Waals surface area contributed by atoms with E-state index in [1.165, 1.54) is 20.0 Å². The summed E-state index contributed by atoms with van der Waals surface area (Å²) in [4.78, 5) is 36.8. The number of morpholine rings is 1. The number of anilines is 2. The lowest BCUT2D eigenvalue weighted by molar-refractivity contribution is -0.134. The molecule has 2 fully saturated rings. The van der Waals surface area contributed by atoms with E-state index in [1.54, 1.807) is 30.0 Å². The highest BCUT2D eigenvalue weighted by Crippen LogP contribution is 2.45. The smallest absolute Gasteiger partial charge is 0.260 e. The van der Waals surface area contributed by atoms with Gasteiger partial charge in [-0.2, -0.15) is 4.31 Å².